The number of carbonyl (C=O) groups excluding carboxylic acids is 1. The molecule has 0 unspecified atom stereocenters. The van der Waals surface area contributed by atoms with Gasteiger partial charge in [-0.1, -0.05) is 44.7 Å². The molecule has 0 spiro atoms. The van der Waals surface area contributed by atoms with Crippen molar-refractivity contribution in [1.82, 2.24) is 0 Å². The van der Waals surface area contributed by atoms with E-state index in [9.17, 15) is 4.79 Å². The standard InChI is InChI=1S/C17H26O3/c1-3-5-6-7-10-13-19-14-16(18)15-11-8-9-12-17(15)20-4-2/h8-9,11-12H,3-7,10,13-14H2,1-2H3. The van der Waals surface area contributed by atoms with Gasteiger partial charge in [-0.25, -0.2) is 0 Å². The summed E-state index contributed by atoms with van der Waals surface area (Å²) in [7, 11) is 0. The molecule has 112 valence electrons. The quantitative estimate of drug-likeness (QED) is 0.448. The number of rotatable bonds is 11. The van der Waals surface area contributed by atoms with Gasteiger partial charge in [0.05, 0.1) is 12.2 Å². The fourth-order valence-electron chi connectivity index (χ4n) is 2.03. The van der Waals surface area contributed by atoms with Crippen LogP contribution in [-0.4, -0.2) is 25.6 Å². The molecule has 1 aromatic carbocycles. The lowest BCUT2D eigenvalue weighted by molar-refractivity contribution is 0.0749. The van der Waals surface area contributed by atoms with Gasteiger partial charge in [-0.15, -0.1) is 0 Å². The molecule has 0 aliphatic heterocycles. The van der Waals surface area contributed by atoms with Crippen LogP contribution in [0.2, 0.25) is 0 Å². The largest absolute Gasteiger partial charge is 0.493 e. The summed E-state index contributed by atoms with van der Waals surface area (Å²) < 4.78 is 10.9. The minimum Gasteiger partial charge on any atom is -0.493 e. The third kappa shape index (κ3) is 6.20. The van der Waals surface area contributed by atoms with Crippen LogP contribution in [0.3, 0.4) is 0 Å². The molecule has 0 amide bonds. The topological polar surface area (TPSA) is 35.5 Å². The molecule has 0 fully saturated rings. The maximum absolute atomic E-state index is 12.1. The second kappa shape index (κ2) is 10.4. The van der Waals surface area contributed by atoms with Crippen molar-refractivity contribution in [2.45, 2.75) is 46.0 Å². The number of carbonyl (C=O) groups is 1. The van der Waals surface area contributed by atoms with E-state index >= 15 is 0 Å². The van der Waals surface area contributed by atoms with Crippen LogP contribution in [0, 0.1) is 0 Å². The summed E-state index contributed by atoms with van der Waals surface area (Å²) in [6.45, 7) is 5.46. The van der Waals surface area contributed by atoms with Crippen LogP contribution >= 0.6 is 0 Å². The molecule has 0 saturated heterocycles. The smallest absolute Gasteiger partial charge is 0.192 e. The zero-order valence-corrected chi connectivity index (χ0v) is 12.7. The van der Waals surface area contributed by atoms with E-state index in [1.54, 1.807) is 6.07 Å². The lowest BCUT2D eigenvalue weighted by atomic mass is 10.1. The molecule has 1 rings (SSSR count). The Bertz CT molecular complexity index is 388. The molecule has 1 aromatic rings. The lowest BCUT2D eigenvalue weighted by Crippen LogP contribution is -2.11. The normalized spacial score (nSPS) is 10.5. The highest BCUT2D eigenvalue weighted by molar-refractivity contribution is 5.99. The van der Waals surface area contributed by atoms with Crippen molar-refractivity contribution in [3.63, 3.8) is 0 Å². The number of hydrogen-bond donors (Lipinski definition) is 0. The van der Waals surface area contributed by atoms with E-state index in [4.69, 9.17) is 9.47 Å². The van der Waals surface area contributed by atoms with Crippen LogP contribution in [-0.2, 0) is 4.74 Å². The number of ether oxygens (including phenoxy) is 2. The Morgan fingerprint density at radius 1 is 1.05 bits per heavy atom. The maximum atomic E-state index is 12.1. The molecule has 0 saturated carbocycles. The van der Waals surface area contributed by atoms with Crippen molar-refractivity contribution in [2.75, 3.05) is 19.8 Å². The molecular weight excluding hydrogens is 252 g/mol. The maximum Gasteiger partial charge on any atom is 0.192 e. The molecule has 0 heterocycles. The molecule has 0 aliphatic rings. The van der Waals surface area contributed by atoms with Gasteiger partial charge in [0.25, 0.3) is 0 Å². The first kappa shape index (κ1) is 16.7. The fourth-order valence-corrected chi connectivity index (χ4v) is 2.03. The van der Waals surface area contributed by atoms with Crippen molar-refractivity contribution in [2.24, 2.45) is 0 Å². The van der Waals surface area contributed by atoms with Gasteiger partial charge in [0.1, 0.15) is 12.4 Å². The Hall–Kier alpha value is -1.35. The fraction of sp³-hybridized carbons (Fsp3) is 0.588. The second-order valence-electron chi connectivity index (χ2n) is 4.82. The Morgan fingerprint density at radius 3 is 2.55 bits per heavy atom. The van der Waals surface area contributed by atoms with Crippen LogP contribution in [0.5, 0.6) is 5.75 Å². The summed E-state index contributed by atoms with van der Waals surface area (Å²) in [5, 5.41) is 0. The molecule has 0 aromatic heterocycles. The molecule has 3 heteroatoms. The highest BCUT2D eigenvalue weighted by atomic mass is 16.5. The predicted octanol–water partition coefficient (Wildman–Crippen LogP) is 4.26. The number of para-hydroxylation sites is 1. The SMILES string of the molecule is CCCCCCCOCC(=O)c1ccccc1OCC. The molecule has 3 nitrogen and oxygen atoms in total. The third-order valence-electron chi connectivity index (χ3n) is 3.11. The summed E-state index contributed by atoms with van der Waals surface area (Å²) in [4.78, 5) is 12.1. The number of ketones is 1. The highest BCUT2D eigenvalue weighted by Crippen LogP contribution is 2.18. The van der Waals surface area contributed by atoms with Gasteiger partial charge in [0.15, 0.2) is 5.78 Å². The molecule has 0 aliphatic carbocycles. The first-order chi connectivity index (χ1) is 9.79. The molecule has 0 bridgehead atoms. The van der Waals surface area contributed by atoms with E-state index in [-0.39, 0.29) is 12.4 Å². The Morgan fingerprint density at radius 2 is 1.80 bits per heavy atom. The Balaban J connectivity index is 2.29. The number of unbranched alkanes of at least 4 members (excludes halogenated alkanes) is 4. The van der Waals surface area contributed by atoms with Crippen molar-refractivity contribution >= 4 is 5.78 Å². The van der Waals surface area contributed by atoms with Crippen molar-refractivity contribution < 1.29 is 14.3 Å². The first-order valence-electron chi connectivity index (χ1n) is 7.62. The van der Waals surface area contributed by atoms with Crippen LogP contribution in [0.1, 0.15) is 56.3 Å². The summed E-state index contributed by atoms with van der Waals surface area (Å²) in [6.07, 6.45) is 5.98. The monoisotopic (exact) mass is 278 g/mol. The van der Waals surface area contributed by atoms with E-state index in [2.05, 4.69) is 6.92 Å². The van der Waals surface area contributed by atoms with Crippen molar-refractivity contribution in [3.8, 4) is 5.75 Å². The first-order valence-corrected chi connectivity index (χ1v) is 7.62. The average Bonchev–Trinajstić information content (AvgIpc) is 2.47. The molecular formula is C17H26O3. The molecule has 0 radical (unpaired) electrons. The third-order valence-corrected chi connectivity index (χ3v) is 3.11. The van der Waals surface area contributed by atoms with E-state index < -0.39 is 0 Å². The predicted molar refractivity (Wildman–Crippen MR) is 81.5 cm³/mol. The summed E-state index contributed by atoms with van der Waals surface area (Å²) >= 11 is 0. The van der Waals surface area contributed by atoms with Crippen LogP contribution in [0.15, 0.2) is 24.3 Å². The van der Waals surface area contributed by atoms with Gasteiger partial charge in [0, 0.05) is 6.61 Å². The van der Waals surface area contributed by atoms with Gasteiger partial charge in [-0.2, -0.15) is 0 Å². The van der Waals surface area contributed by atoms with Gasteiger partial charge in [-0.3, -0.25) is 4.79 Å². The van der Waals surface area contributed by atoms with Gasteiger partial charge < -0.3 is 9.47 Å². The van der Waals surface area contributed by atoms with Crippen molar-refractivity contribution in [3.05, 3.63) is 29.8 Å². The van der Waals surface area contributed by atoms with E-state index in [0.717, 1.165) is 6.42 Å². The van der Waals surface area contributed by atoms with Gasteiger partial charge in [0.2, 0.25) is 0 Å². The van der Waals surface area contributed by atoms with Crippen molar-refractivity contribution in [1.29, 1.82) is 0 Å². The summed E-state index contributed by atoms with van der Waals surface area (Å²) in [5.41, 5.74) is 0.611. The van der Waals surface area contributed by atoms with Crippen LogP contribution < -0.4 is 4.74 Å². The highest BCUT2D eigenvalue weighted by Gasteiger charge is 2.11. The number of hydrogen-bond acceptors (Lipinski definition) is 3. The zero-order valence-electron chi connectivity index (χ0n) is 12.7. The Kier molecular flexibility index (Phi) is 8.72. The van der Waals surface area contributed by atoms with E-state index in [0.29, 0.717) is 24.5 Å². The van der Waals surface area contributed by atoms with Crippen LogP contribution in [0.4, 0.5) is 0 Å². The Labute approximate surface area is 122 Å². The molecule has 0 atom stereocenters. The summed E-state index contributed by atoms with van der Waals surface area (Å²) in [5.74, 6) is 0.633. The minimum absolute atomic E-state index is 0.0115. The molecule has 0 N–H and O–H groups in total. The summed E-state index contributed by atoms with van der Waals surface area (Å²) in [6, 6.07) is 7.33. The van der Waals surface area contributed by atoms with E-state index in [1.165, 1.54) is 25.7 Å². The zero-order chi connectivity index (χ0) is 14.6. The van der Waals surface area contributed by atoms with Crippen LogP contribution in [0.25, 0.3) is 0 Å². The second-order valence-corrected chi connectivity index (χ2v) is 4.82. The minimum atomic E-state index is -0.0115. The van der Waals surface area contributed by atoms with Gasteiger partial charge in [-0.05, 0) is 25.5 Å². The number of benzene rings is 1. The number of Topliss-reactive ketones (excluding diaryl/α,β-unsaturated/α-hetero) is 1. The lowest BCUT2D eigenvalue weighted by Gasteiger charge is -2.09. The molecule has 20 heavy (non-hydrogen) atoms. The van der Waals surface area contributed by atoms with E-state index in [1.807, 2.05) is 25.1 Å². The average molecular weight is 278 g/mol. The van der Waals surface area contributed by atoms with Gasteiger partial charge >= 0.3 is 0 Å².